The number of hydrogen-bond acceptors (Lipinski definition) is 2. The van der Waals surface area contributed by atoms with Gasteiger partial charge in [0.1, 0.15) is 0 Å². The highest BCUT2D eigenvalue weighted by molar-refractivity contribution is 6.68. The molecule has 13 heavy (non-hydrogen) atoms. The number of halogens is 3. The van der Waals surface area contributed by atoms with Crippen molar-refractivity contribution in [3.63, 3.8) is 0 Å². The number of esters is 1. The lowest BCUT2D eigenvalue weighted by Gasteiger charge is -2.21. The highest BCUT2D eigenvalue weighted by Gasteiger charge is 2.33. The molecule has 0 bridgehead atoms. The van der Waals surface area contributed by atoms with Gasteiger partial charge >= 0.3 is 5.97 Å². The van der Waals surface area contributed by atoms with Gasteiger partial charge in [-0.3, -0.25) is 4.79 Å². The van der Waals surface area contributed by atoms with Gasteiger partial charge in [-0.15, -0.1) is 0 Å². The molecule has 0 aromatic heterocycles. The van der Waals surface area contributed by atoms with Gasteiger partial charge in [0.2, 0.25) is 3.79 Å². The molecule has 0 aliphatic rings. The van der Waals surface area contributed by atoms with E-state index in [1.807, 2.05) is 13.8 Å². The van der Waals surface area contributed by atoms with Crippen molar-refractivity contribution in [2.24, 2.45) is 0 Å². The molecule has 2 nitrogen and oxygen atoms in total. The van der Waals surface area contributed by atoms with E-state index in [0.717, 1.165) is 5.57 Å². The summed E-state index contributed by atoms with van der Waals surface area (Å²) in [5.41, 5.74) is 0.914. The number of ether oxygens (including phenoxy) is 1. The van der Waals surface area contributed by atoms with E-state index in [1.165, 1.54) is 6.92 Å². The van der Waals surface area contributed by atoms with Gasteiger partial charge < -0.3 is 4.74 Å². The topological polar surface area (TPSA) is 26.3 Å². The minimum atomic E-state index is -1.62. The van der Waals surface area contributed by atoms with Crippen LogP contribution in [0.25, 0.3) is 0 Å². The third kappa shape index (κ3) is 6.19. The molecule has 76 valence electrons. The van der Waals surface area contributed by atoms with E-state index in [2.05, 4.69) is 0 Å². The first-order valence-corrected chi connectivity index (χ1v) is 4.76. The van der Waals surface area contributed by atoms with Crippen LogP contribution < -0.4 is 0 Å². The van der Waals surface area contributed by atoms with E-state index in [4.69, 9.17) is 39.5 Å². The lowest BCUT2D eigenvalue weighted by molar-refractivity contribution is -0.143. The van der Waals surface area contributed by atoms with Gasteiger partial charge in [-0.05, 0) is 19.9 Å². The largest absolute Gasteiger partial charge is 0.454 e. The highest BCUT2D eigenvalue weighted by Crippen LogP contribution is 2.33. The maximum absolute atomic E-state index is 10.7. The fourth-order valence-electron chi connectivity index (χ4n) is 0.677. The molecule has 0 saturated heterocycles. The zero-order valence-electron chi connectivity index (χ0n) is 7.61. The van der Waals surface area contributed by atoms with Crippen molar-refractivity contribution in [3.05, 3.63) is 11.6 Å². The van der Waals surface area contributed by atoms with E-state index in [-0.39, 0.29) is 0 Å². The predicted molar refractivity (Wildman–Crippen MR) is 55.3 cm³/mol. The number of hydrogen-bond donors (Lipinski definition) is 0. The van der Waals surface area contributed by atoms with Crippen LogP contribution in [-0.2, 0) is 9.53 Å². The molecule has 0 fully saturated rings. The second kappa shape index (κ2) is 5.08. The molecule has 0 radical (unpaired) electrons. The van der Waals surface area contributed by atoms with Crippen LogP contribution in [0, 0.1) is 0 Å². The Hall–Kier alpha value is 0.0800. The number of carbonyl (C=O) groups is 1. The molecular formula is C8H11Cl3O2. The Morgan fingerprint density at radius 3 is 2.00 bits per heavy atom. The van der Waals surface area contributed by atoms with Crippen LogP contribution in [0.1, 0.15) is 20.8 Å². The normalized spacial score (nSPS) is 13.4. The lowest BCUT2D eigenvalue weighted by Crippen LogP contribution is -2.28. The Bertz CT molecular complexity index is 214. The quantitative estimate of drug-likeness (QED) is 0.424. The van der Waals surface area contributed by atoms with E-state index < -0.39 is 15.9 Å². The minimum Gasteiger partial charge on any atom is -0.454 e. The van der Waals surface area contributed by atoms with Crippen molar-refractivity contribution < 1.29 is 9.53 Å². The van der Waals surface area contributed by atoms with Gasteiger partial charge in [-0.1, -0.05) is 40.4 Å². The summed E-state index contributed by atoms with van der Waals surface area (Å²) in [4.78, 5) is 10.7. The first kappa shape index (κ1) is 13.1. The Morgan fingerprint density at radius 2 is 1.77 bits per heavy atom. The van der Waals surface area contributed by atoms with Crippen LogP contribution in [0.5, 0.6) is 0 Å². The van der Waals surface area contributed by atoms with E-state index in [0.29, 0.717) is 0 Å². The molecule has 0 amide bonds. The summed E-state index contributed by atoms with van der Waals surface area (Å²) in [5.74, 6) is -0.478. The molecule has 0 rings (SSSR count). The third-order valence-corrected chi connectivity index (χ3v) is 1.75. The van der Waals surface area contributed by atoms with Gasteiger partial charge in [-0.2, -0.15) is 0 Å². The van der Waals surface area contributed by atoms with E-state index >= 15 is 0 Å². The maximum Gasteiger partial charge on any atom is 0.303 e. The summed E-state index contributed by atoms with van der Waals surface area (Å²) in [7, 11) is 0. The van der Waals surface area contributed by atoms with Crippen molar-refractivity contribution in [3.8, 4) is 0 Å². The van der Waals surface area contributed by atoms with E-state index in [9.17, 15) is 4.79 Å². The average Bonchev–Trinajstić information content (AvgIpc) is 1.81. The van der Waals surface area contributed by atoms with Crippen LogP contribution in [0.15, 0.2) is 11.6 Å². The molecule has 0 heterocycles. The Morgan fingerprint density at radius 1 is 1.31 bits per heavy atom. The van der Waals surface area contributed by atoms with Crippen molar-refractivity contribution in [1.82, 2.24) is 0 Å². The summed E-state index contributed by atoms with van der Waals surface area (Å²) < 4.78 is 3.19. The molecular weight excluding hydrogens is 234 g/mol. The zero-order chi connectivity index (χ0) is 10.6. The number of allylic oxidation sites excluding steroid dienone is 1. The average molecular weight is 246 g/mol. The molecule has 0 saturated carbocycles. The number of rotatable bonds is 2. The van der Waals surface area contributed by atoms with Crippen molar-refractivity contribution >= 4 is 40.8 Å². The Kier molecular flexibility index (Phi) is 5.11. The molecule has 1 unspecified atom stereocenters. The molecule has 0 aromatic carbocycles. The van der Waals surface area contributed by atoms with Gasteiger partial charge in [0, 0.05) is 6.92 Å². The fraction of sp³-hybridized carbons (Fsp3) is 0.625. The van der Waals surface area contributed by atoms with Crippen LogP contribution in [0.3, 0.4) is 0 Å². The van der Waals surface area contributed by atoms with Gasteiger partial charge in [0.15, 0.2) is 6.10 Å². The second-order valence-electron chi connectivity index (χ2n) is 2.82. The molecule has 1 atom stereocenters. The Balaban J connectivity index is 4.57. The van der Waals surface area contributed by atoms with Gasteiger partial charge in [-0.25, -0.2) is 0 Å². The molecule has 0 aliphatic carbocycles. The second-order valence-corrected chi connectivity index (χ2v) is 5.18. The van der Waals surface area contributed by atoms with Crippen molar-refractivity contribution in [2.75, 3.05) is 0 Å². The molecule has 0 N–H and O–H groups in total. The van der Waals surface area contributed by atoms with Gasteiger partial charge in [0.05, 0.1) is 0 Å². The first-order chi connectivity index (χ1) is 5.73. The monoisotopic (exact) mass is 244 g/mol. The number of alkyl halides is 3. The lowest BCUT2D eigenvalue weighted by atomic mass is 10.2. The SMILES string of the molecule is CC(=O)OC(C=C(C)C)C(Cl)(Cl)Cl. The van der Waals surface area contributed by atoms with Crippen LogP contribution in [0.2, 0.25) is 0 Å². The predicted octanol–water partition coefficient (Wildman–Crippen LogP) is 3.25. The Labute approximate surface area is 92.8 Å². The van der Waals surface area contributed by atoms with Crippen molar-refractivity contribution in [2.45, 2.75) is 30.7 Å². The van der Waals surface area contributed by atoms with Crippen LogP contribution >= 0.6 is 34.8 Å². The molecule has 5 heteroatoms. The summed E-state index contributed by atoms with van der Waals surface area (Å²) in [6.45, 7) is 4.92. The third-order valence-electron chi connectivity index (χ3n) is 1.10. The smallest absolute Gasteiger partial charge is 0.303 e. The summed E-state index contributed by atoms with van der Waals surface area (Å²) in [5, 5.41) is 0. The maximum atomic E-state index is 10.7. The minimum absolute atomic E-state index is 0.478. The summed E-state index contributed by atoms with van der Waals surface area (Å²) >= 11 is 16.8. The van der Waals surface area contributed by atoms with Crippen molar-refractivity contribution in [1.29, 1.82) is 0 Å². The van der Waals surface area contributed by atoms with E-state index in [1.54, 1.807) is 6.08 Å². The molecule has 0 spiro atoms. The molecule has 0 aromatic rings. The summed E-state index contributed by atoms with van der Waals surface area (Å²) in [6.07, 6.45) is 0.758. The highest BCUT2D eigenvalue weighted by atomic mass is 35.6. The first-order valence-electron chi connectivity index (χ1n) is 3.62. The standard InChI is InChI=1S/C8H11Cl3O2/c1-5(2)4-7(8(9,10)11)13-6(3)12/h4,7H,1-3H3. The summed E-state index contributed by atoms with van der Waals surface area (Å²) in [6, 6.07) is 0. The zero-order valence-corrected chi connectivity index (χ0v) is 9.87. The van der Waals surface area contributed by atoms with Crippen LogP contribution in [-0.4, -0.2) is 15.9 Å². The van der Waals surface area contributed by atoms with Crippen LogP contribution in [0.4, 0.5) is 0 Å². The fourth-order valence-corrected chi connectivity index (χ4v) is 0.999. The molecule has 0 aliphatic heterocycles. The van der Waals surface area contributed by atoms with Gasteiger partial charge in [0.25, 0.3) is 0 Å². The number of carbonyl (C=O) groups excluding carboxylic acids is 1.